The fraction of sp³-hybridized carbons (Fsp3) is 0.933. The van der Waals surface area contributed by atoms with Gasteiger partial charge in [-0.05, 0) is 19.3 Å². The lowest BCUT2D eigenvalue weighted by Crippen LogP contribution is -2.52. The van der Waals surface area contributed by atoms with Crippen molar-refractivity contribution >= 4 is 5.91 Å². The molecule has 4 heteroatoms. The SMILES string of the molecule is CC(CN)N1CCN(C(=O)CCC2CCCC2)CC1. The van der Waals surface area contributed by atoms with Gasteiger partial charge in [-0.1, -0.05) is 25.7 Å². The van der Waals surface area contributed by atoms with Crippen LogP contribution in [0.15, 0.2) is 0 Å². The summed E-state index contributed by atoms with van der Waals surface area (Å²) < 4.78 is 0. The third-order valence-electron chi connectivity index (χ3n) is 4.87. The number of hydrogen-bond acceptors (Lipinski definition) is 3. The minimum Gasteiger partial charge on any atom is -0.340 e. The van der Waals surface area contributed by atoms with Crippen LogP contribution in [0.4, 0.5) is 0 Å². The third kappa shape index (κ3) is 4.18. The number of carbonyl (C=O) groups is 1. The van der Waals surface area contributed by atoms with E-state index in [0.717, 1.165) is 44.9 Å². The first-order valence-electron chi connectivity index (χ1n) is 7.92. The Morgan fingerprint density at radius 3 is 2.42 bits per heavy atom. The van der Waals surface area contributed by atoms with E-state index in [1.807, 2.05) is 0 Å². The maximum absolute atomic E-state index is 12.2. The molecule has 0 aromatic rings. The predicted molar refractivity (Wildman–Crippen MR) is 77.9 cm³/mol. The van der Waals surface area contributed by atoms with Gasteiger partial charge in [-0.15, -0.1) is 0 Å². The molecule has 0 aromatic carbocycles. The molecule has 19 heavy (non-hydrogen) atoms. The Balaban J connectivity index is 1.67. The van der Waals surface area contributed by atoms with Crippen molar-refractivity contribution in [3.05, 3.63) is 0 Å². The second-order valence-electron chi connectivity index (χ2n) is 6.19. The summed E-state index contributed by atoms with van der Waals surface area (Å²) in [7, 11) is 0. The van der Waals surface area contributed by atoms with Gasteiger partial charge in [-0.25, -0.2) is 0 Å². The molecular formula is C15H29N3O. The predicted octanol–water partition coefficient (Wildman–Crippen LogP) is 1.45. The minimum atomic E-state index is 0.368. The van der Waals surface area contributed by atoms with Gasteiger partial charge in [0, 0.05) is 45.2 Å². The summed E-state index contributed by atoms with van der Waals surface area (Å²) >= 11 is 0. The molecule has 2 fully saturated rings. The van der Waals surface area contributed by atoms with E-state index in [1.54, 1.807) is 0 Å². The van der Waals surface area contributed by atoms with Gasteiger partial charge in [-0.2, -0.15) is 0 Å². The standard InChI is InChI=1S/C15H29N3O/c1-13(12-16)17-8-10-18(11-9-17)15(19)7-6-14-4-2-3-5-14/h13-14H,2-12,16H2,1H3. The van der Waals surface area contributed by atoms with E-state index in [0.29, 0.717) is 18.5 Å². The van der Waals surface area contributed by atoms with Crippen molar-refractivity contribution in [1.29, 1.82) is 0 Å². The number of piperazine rings is 1. The Kier molecular flexibility index (Phi) is 5.64. The summed E-state index contributed by atoms with van der Waals surface area (Å²) in [5, 5.41) is 0. The maximum atomic E-state index is 12.2. The van der Waals surface area contributed by atoms with E-state index in [9.17, 15) is 4.79 Å². The summed E-state index contributed by atoms with van der Waals surface area (Å²) in [6.07, 6.45) is 7.29. The van der Waals surface area contributed by atoms with Crippen LogP contribution in [0.2, 0.25) is 0 Å². The molecule has 1 saturated heterocycles. The zero-order chi connectivity index (χ0) is 13.7. The van der Waals surface area contributed by atoms with Crippen molar-refractivity contribution in [3.8, 4) is 0 Å². The molecule has 1 unspecified atom stereocenters. The summed E-state index contributed by atoms with van der Waals surface area (Å²) in [6.45, 7) is 6.59. The first-order valence-corrected chi connectivity index (χ1v) is 7.92. The highest BCUT2D eigenvalue weighted by Gasteiger charge is 2.24. The average Bonchev–Trinajstić information content (AvgIpc) is 2.97. The summed E-state index contributed by atoms with van der Waals surface area (Å²) in [6, 6.07) is 0.441. The van der Waals surface area contributed by atoms with Crippen LogP contribution >= 0.6 is 0 Å². The highest BCUT2D eigenvalue weighted by Crippen LogP contribution is 2.28. The Morgan fingerprint density at radius 1 is 1.21 bits per heavy atom. The fourth-order valence-electron chi connectivity index (χ4n) is 3.35. The fourth-order valence-corrected chi connectivity index (χ4v) is 3.35. The first kappa shape index (κ1) is 14.8. The smallest absolute Gasteiger partial charge is 0.222 e. The molecule has 0 bridgehead atoms. The van der Waals surface area contributed by atoms with Crippen molar-refractivity contribution in [2.45, 2.75) is 51.5 Å². The number of amides is 1. The van der Waals surface area contributed by atoms with Gasteiger partial charge in [0.05, 0.1) is 0 Å². The molecule has 1 atom stereocenters. The first-order chi connectivity index (χ1) is 9.20. The molecule has 1 aliphatic carbocycles. The molecule has 1 saturated carbocycles. The summed E-state index contributed by atoms with van der Waals surface area (Å²) in [5.74, 6) is 1.19. The van der Waals surface area contributed by atoms with E-state index >= 15 is 0 Å². The van der Waals surface area contributed by atoms with Crippen molar-refractivity contribution < 1.29 is 4.79 Å². The lowest BCUT2D eigenvalue weighted by atomic mass is 10.0. The lowest BCUT2D eigenvalue weighted by molar-refractivity contribution is -0.133. The summed E-state index contributed by atoms with van der Waals surface area (Å²) in [5.41, 5.74) is 5.69. The summed E-state index contributed by atoms with van der Waals surface area (Å²) in [4.78, 5) is 16.6. The van der Waals surface area contributed by atoms with Gasteiger partial charge in [0.25, 0.3) is 0 Å². The van der Waals surface area contributed by atoms with Crippen LogP contribution in [0, 0.1) is 5.92 Å². The molecule has 0 aromatic heterocycles. The van der Waals surface area contributed by atoms with Crippen molar-refractivity contribution in [1.82, 2.24) is 9.80 Å². The molecule has 1 heterocycles. The molecule has 2 rings (SSSR count). The zero-order valence-electron chi connectivity index (χ0n) is 12.3. The second kappa shape index (κ2) is 7.25. The molecule has 110 valence electrons. The number of rotatable bonds is 5. The number of hydrogen-bond donors (Lipinski definition) is 1. The second-order valence-corrected chi connectivity index (χ2v) is 6.19. The Labute approximate surface area is 117 Å². The Hall–Kier alpha value is -0.610. The zero-order valence-corrected chi connectivity index (χ0v) is 12.3. The van der Waals surface area contributed by atoms with Crippen LogP contribution < -0.4 is 5.73 Å². The quantitative estimate of drug-likeness (QED) is 0.820. The molecule has 0 spiro atoms. The van der Waals surface area contributed by atoms with Gasteiger partial charge in [0.15, 0.2) is 0 Å². The van der Waals surface area contributed by atoms with E-state index < -0.39 is 0 Å². The Morgan fingerprint density at radius 2 is 1.84 bits per heavy atom. The van der Waals surface area contributed by atoms with Gasteiger partial charge >= 0.3 is 0 Å². The molecule has 1 aliphatic heterocycles. The normalized spacial score (nSPS) is 23.8. The Bertz CT molecular complexity index is 281. The monoisotopic (exact) mass is 267 g/mol. The van der Waals surface area contributed by atoms with E-state index in [4.69, 9.17) is 5.73 Å². The van der Waals surface area contributed by atoms with Crippen molar-refractivity contribution in [3.63, 3.8) is 0 Å². The van der Waals surface area contributed by atoms with Crippen LogP contribution in [0.25, 0.3) is 0 Å². The average molecular weight is 267 g/mol. The third-order valence-corrected chi connectivity index (χ3v) is 4.87. The highest BCUT2D eigenvalue weighted by molar-refractivity contribution is 5.76. The van der Waals surface area contributed by atoms with E-state index in [2.05, 4.69) is 16.7 Å². The van der Waals surface area contributed by atoms with Gasteiger partial charge in [0.2, 0.25) is 5.91 Å². The maximum Gasteiger partial charge on any atom is 0.222 e. The van der Waals surface area contributed by atoms with Crippen molar-refractivity contribution in [2.24, 2.45) is 11.7 Å². The number of nitrogens with two attached hydrogens (primary N) is 1. The van der Waals surface area contributed by atoms with Gasteiger partial charge in [-0.3, -0.25) is 9.69 Å². The number of nitrogens with zero attached hydrogens (tertiary/aromatic N) is 2. The van der Waals surface area contributed by atoms with Gasteiger partial charge in [0.1, 0.15) is 0 Å². The van der Waals surface area contributed by atoms with Crippen LogP contribution in [0.1, 0.15) is 45.4 Å². The minimum absolute atomic E-state index is 0.368. The molecule has 2 N–H and O–H groups in total. The van der Waals surface area contributed by atoms with Gasteiger partial charge < -0.3 is 10.6 Å². The molecule has 0 radical (unpaired) electrons. The van der Waals surface area contributed by atoms with Crippen molar-refractivity contribution in [2.75, 3.05) is 32.7 Å². The van der Waals surface area contributed by atoms with Crippen LogP contribution in [0.3, 0.4) is 0 Å². The van der Waals surface area contributed by atoms with Crippen LogP contribution in [0.5, 0.6) is 0 Å². The topological polar surface area (TPSA) is 49.6 Å². The lowest BCUT2D eigenvalue weighted by Gasteiger charge is -2.37. The molecule has 4 nitrogen and oxygen atoms in total. The van der Waals surface area contributed by atoms with Crippen LogP contribution in [-0.2, 0) is 4.79 Å². The number of carbonyl (C=O) groups excluding carboxylic acids is 1. The van der Waals surface area contributed by atoms with Crippen LogP contribution in [-0.4, -0.2) is 54.5 Å². The van der Waals surface area contributed by atoms with E-state index in [1.165, 1.54) is 25.7 Å². The van der Waals surface area contributed by atoms with E-state index in [-0.39, 0.29) is 0 Å². The molecule has 2 aliphatic rings. The highest BCUT2D eigenvalue weighted by atomic mass is 16.2. The molecular weight excluding hydrogens is 238 g/mol. The molecule has 1 amide bonds. The largest absolute Gasteiger partial charge is 0.340 e.